The van der Waals surface area contributed by atoms with Gasteiger partial charge < -0.3 is 10.1 Å². The predicted molar refractivity (Wildman–Crippen MR) is 79.8 cm³/mol. The summed E-state index contributed by atoms with van der Waals surface area (Å²) in [6.45, 7) is 4.22. The third kappa shape index (κ3) is 4.60. The molecule has 0 bridgehead atoms. The molecule has 0 spiro atoms. The molecule has 2 aromatic rings. The quantitative estimate of drug-likeness (QED) is 0.913. The predicted octanol–water partition coefficient (Wildman–Crippen LogP) is 3.54. The summed E-state index contributed by atoms with van der Waals surface area (Å²) in [4.78, 5) is 12.1. The molecule has 0 aromatic heterocycles. The molecule has 0 saturated heterocycles. The molecule has 0 unspecified atom stereocenters. The lowest BCUT2D eigenvalue weighted by Gasteiger charge is -2.11. The largest absolute Gasteiger partial charge is 0.491 e. The van der Waals surface area contributed by atoms with Crippen LogP contribution < -0.4 is 10.1 Å². The van der Waals surface area contributed by atoms with Gasteiger partial charge in [0.1, 0.15) is 11.6 Å². The van der Waals surface area contributed by atoms with Crippen molar-refractivity contribution in [2.24, 2.45) is 0 Å². The van der Waals surface area contributed by atoms with Crippen molar-refractivity contribution in [3.63, 3.8) is 0 Å². The average molecular weight is 287 g/mol. The third-order valence-electron chi connectivity index (χ3n) is 2.83. The molecule has 2 aromatic carbocycles. The van der Waals surface area contributed by atoms with Crippen LogP contribution in [-0.2, 0) is 6.54 Å². The summed E-state index contributed by atoms with van der Waals surface area (Å²) in [6.07, 6.45) is 0.0579. The molecule has 1 amide bonds. The molecule has 110 valence electrons. The van der Waals surface area contributed by atoms with Gasteiger partial charge in [0.05, 0.1) is 6.10 Å². The first-order chi connectivity index (χ1) is 10.0. The van der Waals surface area contributed by atoms with Crippen LogP contribution >= 0.6 is 0 Å². The maximum absolute atomic E-state index is 12.8. The maximum atomic E-state index is 12.8. The number of hydrogen-bond donors (Lipinski definition) is 1. The highest BCUT2D eigenvalue weighted by Gasteiger charge is 2.07. The van der Waals surface area contributed by atoms with E-state index in [4.69, 9.17) is 4.74 Å². The van der Waals surface area contributed by atoms with Crippen molar-refractivity contribution < 1.29 is 13.9 Å². The zero-order valence-electron chi connectivity index (χ0n) is 12.1. The van der Waals surface area contributed by atoms with Gasteiger partial charge in [0.25, 0.3) is 5.91 Å². The second kappa shape index (κ2) is 6.88. The Morgan fingerprint density at radius 2 is 1.90 bits per heavy atom. The van der Waals surface area contributed by atoms with Gasteiger partial charge in [0.2, 0.25) is 0 Å². The number of rotatable bonds is 5. The lowest BCUT2D eigenvalue weighted by molar-refractivity contribution is 0.0950. The van der Waals surface area contributed by atoms with Crippen LogP contribution in [0.2, 0.25) is 0 Å². The number of carbonyl (C=O) groups is 1. The summed E-state index contributed by atoms with van der Waals surface area (Å²) < 4.78 is 18.4. The van der Waals surface area contributed by atoms with Crippen molar-refractivity contribution in [3.05, 3.63) is 65.5 Å². The Morgan fingerprint density at radius 1 is 1.19 bits per heavy atom. The van der Waals surface area contributed by atoms with Gasteiger partial charge in [-0.05, 0) is 49.7 Å². The number of hydrogen-bond acceptors (Lipinski definition) is 2. The van der Waals surface area contributed by atoms with Crippen LogP contribution in [0.15, 0.2) is 48.5 Å². The Hall–Kier alpha value is -2.36. The molecule has 0 fully saturated rings. The Kier molecular flexibility index (Phi) is 4.93. The molecule has 2 rings (SSSR count). The van der Waals surface area contributed by atoms with E-state index in [9.17, 15) is 9.18 Å². The van der Waals surface area contributed by atoms with Gasteiger partial charge in [-0.1, -0.05) is 18.2 Å². The molecule has 0 aliphatic heterocycles. The minimum Gasteiger partial charge on any atom is -0.491 e. The van der Waals surface area contributed by atoms with E-state index in [0.29, 0.717) is 17.9 Å². The molecule has 0 atom stereocenters. The minimum atomic E-state index is -0.288. The van der Waals surface area contributed by atoms with Crippen molar-refractivity contribution in [2.45, 2.75) is 26.5 Å². The number of amides is 1. The number of ether oxygens (including phenoxy) is 1. The standard InChI is InChI=1S/C17H18FNO2/c1-12(2)21-16-5-3-4-14(10-16)17(20)19-11-13-6-8-15(18)9-7-13/h3-10,12H,11H2,1-2H3,(H,19,20). The van der Waals surface area contributed by atoms with Gasteiger partial charge in [-0.15, -0.1) is 0 Å². The Bertz CT molecular complexity index is 608. The summed E-state index contributed by atoms with van der Waals surface area (Å²) in [7, 11) is 0. The molecule has 0 heterocycles. The summed E-state index contributed by atoms with van der Waals surface area (Å²) in [5.41, 5.74) is 1.38. The molecule has 3 nitrogen and oxygen atoms in total. The highest BCUT2D eigenvalue weighted by molar-refractivity contribution is 5.94. The first-order valence-corrected chi connectivity index (χ1v) is 6.84. The molecule has 0 aliphatic rings. The van der Waals surface area contributed by atoms with Crippen molar-refractivity contribution in [3.8, 4) is 5.75 Å². The lowest BCUT2D eigenvalue weighted by Crippen LogP contribution is -2.22. The van der Waals surface area contributed by atoms with Crippen LogP contribution in [0.1, 0.15) is 29.8 Å². The topological polar surface area (TPSA) is 38.3 Å². The smallest absolute Gasteiger partial charge is 0.251 e. The number of carbonyl (C=O) groups excluding carboxylic acids is 1. The molecule has 21 heavy (non-hydrogen) atoms. The molecular weight excluding hydrogens is 269 g/mol. The zero-order valence-corrected chi connectivity index (χ0v) is 12.1. The maximum Gasteiger partial charge on any atom is 0.251 e. The van der Waals surface area contributed by atoms with Gasteiger partial charge >= 0.3 is 0 Å². The molecule has 4 heteroatoms. The highest BCUT2D eigenvalue weighted by Crippen LogP contribution is 2.15. The Morgan fingerprint density at radius 3 is 2.57 bits per heavy atom. The van der Waals surface area contributed by atoms with E-state index in [1.165, 1.54) is 12.1 Å². The molecular formula is C17H18FNO2. The van der Waals surface area contributed by atoms with E-state index in [1.807, 2.05) is 19.9 Å². The van der Waals surface area contributed by atoms with E-state index in [0.717, 1.165) is 5.56 Å². The van der Waals surface area contributed by atoms with E-state index >= 15 is 0 Å². The third-order valence-corrected chi connectivity index (χ3v) is 2.83. The van der Waals surface area contributed by atoms with Crippen LogP contribution in [0.5, 0.6) is 5.75 Å². The second-order valence-corrected chi connectivity index (χ2v) is 5.00. The fourth-order valence-corrected chi connectivity index (χ4v) is 1.87. The summed E-state index contributed by atoms with van der Waals surface area (Å²) in [6, 6.07) is 13.1. The fraction of sp³-hybridized carbons (Fsp3) is 0.235. The lowest BCUT2D eigenvalue weighted by atomic mass is 10.2. The molecule has 1 N–H and O–H groups in total. The first kappa shape index (κ1) is 15.0. The average Bonchev–Trinajstić information content (AvgIpc) is 2.46. The number of halogens is 1. The SMILES string of the molecule is CC(C)Oc1cccc(C(=O)NCc2ccc(F)cc2)c1. The van der Waals surface area contributed by atoms with Crippen LogP contribution in [0.4, 0.5) is 4.39 Å². The van der Waals surface area contributed by atoms with E-state index in [-0.39, 0.29) is 17.8 Å². The highest BCUT2D eigenvalue weighted by atomic mass is 19.1. The van der Waals surface area contributed by atoms with Gasteiger partial charge in [0, 0.05) is 12.1 Å². The summed E-state index contributed by atoms with van der Waals surface area (Å²) in [5, 5.41) is 2.80. The monoisotopic (exact) mass is 287 g/mol. The molecule has 0 radical (unpaired) electrons. The zero-order chi connectivity index (χ0) is 15.2. The first-order valence-electron chi connectivity index (χ1n) is 6.84. The van der Waals surface area contributed by atoms with Gasteiger partial charge in [-0.2, -0.15) is 0 Å². The van der Waals surface area contributed by atoms with Crippen LogP contribution in [0.3, 0.4) is 0 Å². The van der Waals surface area contributed by atoms with Gasteiger partial charge in [-0.3, -0.25) is 4.79 Å². The van der Waals surface area contributed by atoms with Crippen molar-refractivity contribution >= 4 is 5.91 Å². The Labute approximate surface area is 123 Å². The van der Waals surface area contributed by atoms with Gasteiger partial charge in [0.15, 0.2) is 0 Å². The van der Waals surface area contributed by atoms with Crippen molar-refractivity contribution in [1.82, 2.24) is 5.32 Å². The fourth-order valence-electron chi connectivity index (χ4n) is 1.87. The van der Waals surface area contributed by atoms with E-state index < -0.39 is 0 Å². The summed E-state index contributed by atoms with van der Waals surface area (Å²) in [5.74, 6) is 0.191. The van der Waals surface area contributed by atoms with Crippen molar-refractivity contribution in [2.75, 3.05) is 0 Å². The minimum absolute atomic E-state index is 0.0579. The Balaban J connectivity index is 1.98. The summed E-state index contributed by atoms with van der Waals surface area (Å²) >= 11 is 0. The number of benzene rings is 2. The van der Waals surface area contributed by atoms with Crippen molar-refractivity contribution in [1.29, 1.82) is 0 Å². The van der Waals surface area contributed by atoms with Crippen LogP contribution in [0, 0.1) is 5.82 Å². The normalized spacial score (nSPS) is 10.5. The molecule has 0 aliphatic carbocycles. The molecule has 0 saturated carbocycles. The van der Waals surface area contributed by atoms with E-state index in [2.05, 4.69) is 5.32 Å². The number of nitrogens with one attached hydrogen (secondary N) is 1. The van der Waals surface area contributed by atoms with Crippen LogP contribution in [0.25, 0.3) is 0 Å². The van der Waals surface area contributed by atoms with Crippen LogP contribution in [-0.4, -0.2) is 12.0 Å². The second-order valence-electron chi connectivity index (χ2n) is 5.00. The van der Waals surface area contributed by atoms with Gasteiger partial charge in [-0.25, -0.2) is 4.39 Å². The van der Waals surface area contributed by atoms with E-state index in [1.54, 1.807) is 30.3 Å².